The summed E-state index contributed by atoms with van der Waals surface area (Å²) in [4.78, 5) is 11.0. The van der Waals surface area contributed by atoms with Gasteiger partial charge in [-0.05, 0) is 29.7 Å². The van der Waals surface area contributed by atoms with E-state index in [1.807, 2.05) is 49.4 Å². The molecule has 0 unspecified atom stereocenters. The molecule has 0 aliphatic carbocycles. The molecule has 0 heterocycles. The molecule has 0 atom stereocenters. The fourth-order valence-corrected chi connectivity index (χ4v) is 2.23. The first-order valence-electron chi connectivity index (χ1n) is 6.48. The number of aryl methyl sites for hydroxylation is 1. The number of rotatable bonds is 4. The fourth-order valence-electron chi connectivity index (χ4n) is 2.23. The third-order valence-corrected chi connectivity index (χ3v) is 3.17. The standard InChI is InChI=1S/C17H18O3/c1-12-7-6-10-16(19-3)17(12)15-9-5-4-8-14(15)11-20-13(2)18/h4-10H,11H2,1-3H3. The van der Waals surface area contributed by atoms with E-state index in [1.54, 1.807) is 7.11 Å². The highest BCUT2D eigenvalue weighted by molar-refractivity contribution is 5.76. The second kappa shape index (κ2) is 6.24. The predicted molar refractivity (Wildman–Crippen MR) is 78.6 cm³/mol. The van der Waals surface area contributed by atoms with E-state index in [2.05, 4.69) is 0 Å². The van der Waals surface area contributed by atoms with Gasteiger partial charge in [-0.1, -0.05) is 36.4 Å². The van der Waals surface area contributed by atoms with Crippen LogP contribution in [0.3, 0.4) is 0 Å². The van der Waals surface area contributed by atoms with Crippen molar-refractivity contribution >= 4 is 5.97 Å². The zero-order valence-corrected chi connectivity index (χ0v) is 12.0. The molecule has 0 aromatic heterocycles. The zero-order valence-electron chi connectivity index (χ0n) is 12.0. The molecule has 0 aliphatic rings. The number of hydrogen-bond acceptors (Lipinski definition) is 3. The summed E-state index contributed by atoms with van der Waals surface area (Å²) >= 11 is 0. The molecule has 20 heavy (non-hydrogen) atoms. The van der Waals surface area contributed by atoms with Crippen LogP contribution in [0.25, 0.3) is 11.1 Å². The molecule has 0 N–H and O–H groups in total. The van der Waals surface area contributed by atoms with Crippen LogP contribution in [0.2, 0.25) is 0 Å². The van der Waals surface area contributed by atoms with E-state index in [0.717, 1.165) is 28.0 Å². The van der Waals surface area contributed by atoms with Gasteiger partial charge in [0, 0.05) is 12.5 Å². The molecule has 0 radical (unpaired) electrons. The lowest BCUT2D eigenvalue weighted by Crippen LogP contribution is -2.01. The molecule has 0 saturated carbocycles. The van der Waals surface area contributed by atoms with Crippen LogP contribution in [0, 0.1) is 6.92 Å². The Morgan fingerprint density at radius 2 is 1.85 bits per heavy atom. The second-order valence-corrected chi connectivity index (χ2v) is 4.59. The monoisotopic (exact) mass is 270 g/mol. The topological polar surface area (TPSA) is 35.5 Å². The van der Waals surface area contributed by atoms with Gasteiger partial charge >= 0.3 is 5.97 Å². The summed E-state index contributed by atoms with van der Waals surface area (Å²) < 4.78 is 10.6. The van der Waals surface area contributed by atoms with Gasteiger partial charge in [0.1, 0.15) is 12.4 Å². The summed E-state index contributed by atoms with van der Waals surface area (Å²) in [7, 11) is 1.66. The number of carbonyl (C=O) groups is 1. The highest BCUT2D eigenvalue weighted by atomic mass is 16.5. The number of carbonyl (C=O) groups excluding carboxylic acids is 1. The van der Waals surface area contributed by atoms with E-state index >= 15 is 0 Å². The Bertz CT molecular complexity index is 617. The number of esters is 1. The van der Waals surface area contributed by atoms with Crippen molar-refractivity contribution in [2.45, 2.75) is 20.5 Å². The third kappa shape index (κ3) is 2.99. The summed E-state index contributed by atoms with van der Waals surface area (Å²) in [6.45, 7) is 3.72. The smallest absolute Gasteiger partial charge is 0.302 e. The van der Waals surface area contributed by atoms with E-state index in [-0.39, 0.29) is 12.6 Å². The van der Waals surface area contributed by atoms with E-state index in [1.165, 1.54) is 6.92 Å². The molecule has 3 nitrogen and oxygen atoms in total. The third-order valence-electron chi connectivity index (χ3n) is 3.17. The molecule has 0 amide bonds. The molecule has 0 fully saturated rings. The largest absolute Gasteiger partial charge is 0.496 e. The maximum absolute atomic E-state index is 11.0. The quantitative estimate of drug-likeness (QED) is 0.794. The van der Waals surface area contributed by atoms with Crippen LogP contribution in [-0.2, 0) is 16.1 Å². The average Bonchev–Trinajstić information content (AvgIpc) is 2.45. The Morgan fingerprint density at radius 3 is 2.55 bits per heavy atom. The summed E-state index contributed by atoms with van der Waals surface area (Å²) in [5.74, 6) is 0.539. The molecule has 0 spiro atoms. The van der Waals surface area contributed by atoms with Crippen LogP contribution in [0.1, 0.15) is 18.1 Å². The van der Waals surface area contributed by atoms with Crippen LogP contribution >= 0.6 is 0 Å². The fraction of sp³-hybridized carbons (Fsp3) is 0.235. The van der Waals surface area contributed by atoms with Gasteiger partial charge < -0.3 is 9.47 Å². The Morgan fingerprint density at radius 1 is 1.10 bits per heavy atom. The molecular weight excluding hydrogens is 252 g/mol. The normalized spacial score (nSPS) is 10.2. The summed E-state index contributed by atoms with van der Waals surface area (Å²) in [5, 5.41) is 0. The van der Waals surface area contributed by atoms with E-state index in [4.69, 9.17) is 9.47 Å². The van der Waals surface area contributed by atoms with Gasteiger partial charge in [0.2, 0.25) is 0 Å². The van der Waals surface area contributed by atoms with Crippen LogP contribution in [0.4, 0.5) is 0 Å². The molecule has 0 saturated heterocycles. The highest BCUT2D eigenvalue weighted by Gasteiger charge is 2.13. The first kappa shape index (κ1) is 14.1. The number of ether oxygens (including phenoxy) is 2. The van der Waals surface area contributed by atoms with Gasteiger partial charge in [-0.25, -0.2) is 0 Å². The van der Waals surface area contributed by atoms with Crippen molar-refractivity contribution in [2.75, 3.05) is 7.11 Å². The molecule has 0 aliphatic heterocycles. The molecule has 2 rings (SSSR count). The van der Waals surface area contributed by atoms with Crippen molar-refractivity contribution in [3.8, 4) is 16.9 Å². The van der Waals surface area contributed by atoms with Gasteiger partial charge in [0.25, 0.3) is 0 Å². The lowest BCUT2D eigenvalue weighted by molar-refractivity contribution is -0.142. The Balaban J connectivity index is 2.50. The minimum absolute atomic E-state index is 0.267. The van der Waals surface area contributed by atoms with E-state index < -0.39 is 0 Å². The van der Waals surface area contributed by atoms with Crippen molar-refractivity contribution < 1.29 is 14.3 Å². The van der Waals surface area contributed by atoms with Crippen LogP contribution in [-0.4, -0.2) is 13.1 Å². The minimum atomic E-state index is -0.281. The van der Waals surface area contributed by atoms with Crippen LogP contribution in [0.15, 0.2) is 42.5 Å². The van der Waals surface area contributed by atoms with Gasteiger partial charge in [0.05, 0.1) is 7.11 Å². The zero-order chi connectivity index (χ0) is 14.5. The van der Waals surface area contributed by atoms with Gasteiger partial charge in [-0.3, -0.25) is 4.79 Å². The maximum atomic E-state index is 11.0. The van der Waals surface area contributed by atoms with Crippen molar-refractivity contribution in [3.63, 3.8) is 0 Å². The molecule has 0 bridgehead atoms. The first-order chi connectivity index (χ1) is 9.63. The highest BCUT2D eigenvalue weighted by Crippen LogP contribution is 2.35. The summed E-state index contributed by atoms with van der Waals surface area (Å²) in [6.07, 6.45) is 0. The van der Waals surface area contributed by atoms with Crippen molar-refractivity contribution in [1.82, 2.24) is 0 Å². The van der Waals surface area contributed by atoms with Crippen molar-refractivity contribution in [2.24, 2.45) is 0 Å². The molecule has 2 aromatic carbocycles. The predicted octanol–water partition coefficient (Wildman–Crippen LogP) is 3.73. The number of methoxy groups -OCH3 is 1. The maximum Gasteiger partial charge on any atom is 0.302 e. The van der Waals surface area contributed by atoms with Gasteiger partial charge in [-0.15, -0.1) is 0 Å². The van der Waals surface area contributed by atoms with Crippen LogP contribution < -0.4 is 4.74 Å². The lowest BCUT2D eigenvalue weighted by atomic mass is 9.95. The molecule has 2 aromatic rings. The van der Waals surface area contributed by atoms with Gasteiger partial charge in [0.15, 0.2) is 0 Å². The Hall–Kier alpha value is -2.29. The first-order valence-corrected chi connectivity index (χ1v) is 6.48. The number of hydrogen-bond donors (Lipinski definition) is 0. The second-order valence-electron chi connectivity index (χ2n) is 4.59. The minimum Gasteiger partial charge on any atom is -0.496 e. The van der Waals surface area contributed by atoms with Gasteiger partial charge in [-0.2, -0.15) is 0 Å². The Kier molecular flexibility index (Phi) is 4.41. The van der Waals surface area contributed by atoms with Crippen molar-refractivity contribution in [3.05, 3.63) is 53.6 Å². The van der Waals surface area contributed by atoms with Crippen LogP contribution in [0.5, 0.6) is 5.75 Å². The Labute approximate surface area is 119 Å². The molecule has 104 valence electrons. The lowest BCUT2D eigenvalue weighted by Gasteiger charge is -2.15. The average molecular weight is 270 g/mol. The SMILES string of the molecule is COc1cccc(C)c1-c1ccccc1COC(C)=O. The number of benzene rings is 2. The molecular formula is C17H18O3. The van der Waals surface area contributed by atoms with Crippen molar-refractivity contribution in [1.29, 1.82) is 0 Å². The van der Waals surface area contributed by atoms with E-state index in [0.29, 0.717) is 0 Å². The summed E-state index contributed by atoms with van der Waals surface area (Å²) in [6, 6.07) is 13.8. The van der Waals surface area contributed by atoms with E-state index in [9.17, 15) is 4.79 Å². The summed E-state index contributed by atoms with van der Waals surface area (Å²) in [5.41, 5.74) is 4.16. The molecule has 3 heteroatoms.